The van der Waals surface area contributed by atoms with Gasteiger partial charge in [0, 0.05) is 22.3 Å². The maximum Gasteiger partial charge on any atom is 0.323 e. The minimum Gasteiger partial charge on any atom is -0.377 e. The topological polar surface area (TPSA) is 63.8 Å². The van der Waals surface area contributed by atoms with E-state index < -0.39 is 40.9 Å². The maximum atomic E-state index is 15.5. The molecule has 0 saturated carbocycles. The number of halogens is 5. The van der Waals surface area contributed by atoms with Gasteiger partial charge in [0.25, 0.3) is 0 Å². The molecule has 136 valence electrons. The van der Waals surface area contributed by atoms with Gasteiger partial charge in [0.15, 0.2) is 5.60 Å². The molecule has 3 aromatic rings. The van der Waals surface area contributed by atoms with E-state index in [9.17, 15) is 13.9 Å². The van der Waals surface area contributed by atoms with E-state index in [1.165, 1.54) is 6.07 Å². The number of aromatic nitrogens is 4. The van der Waals surface area contributed by atoms with Crippen molar-refractivity contribution in [3.05, 3.63) is 76.5 Å². The lowest BCUT2D eigenvalue weighted by molar-refractivity contribution is -0.207. The molecule has 2 aromatic heterocycles. The van der Waals surface area contributed by atoms with Gasteiger partial charge in [0.2, 0.25) is 0 Å². The van der Waals surface area contributed by atoms with E-state index in [0.29, 0.717) is 21.3 Å². The van der Waals surface area contributed by atoms with E-state index in [0.717, 1.165) is 24.9 Å². The number of aliphatic hydroxyl groups is 1. The standard InChI is InChI=1S/C16H11BrF4N4O/c17-10-1-4-14(23-6-10)16(20,21)15(26,7-25-9-22-8-24-25)12-3-2-11(18)5-13(12)19/h1-6,8-9,26H,7H2/i7D2. The molecule has 1 aromatic carbocycles. The highest BCUT2D eigenvalue weighted by molar-refractivity contribution is 9.10. The molecule has 1 atom stereocenters. The molecule has 2 heterocycles. The Kier molecular flexibility index (Phi) is 4.13. The predicted molar refractivity (Wildman–Crippen MR) is 86.1 cm³/mol. The van der Waals surface area contributed by atoms with Gasteiger partial charge in [-0.05, 0) is 40.2 Å². The van der Waals surface area contributed by atoms with Gasteiger partial charge in [-0.25, -0.2) is 18.4 Å². The predicted octanol–water partition coefficient (Wildman–Crippen LogP) is 3.39. The van der Waals surface area contributed by atoms with Crippen LogP contribution in [0, 0.1) is 11.6 Å². The van der Waals surface area contributed by atoms with Crippen molar-refractivity contribution in [1.82, 2.24) is 19.7 Å². The Balaban J connectivity index is 2.32. The first-order valence-electron chi connectivity index (χ1n) is 8.04. The van der Waals surface area contributed by atoms with Crippen LogP contribution >= 0.6 is 15.9 Å². The van der Waals surface area contributed by atoms with Crippen molar-refractivity contribution in [2.45, 2.75) is 18.0 Å². The fraction of sp³-hybridized carbons (Fsp3) is 0.188. The minimum absolute atomic E-state index is 0.267. The number of rotatable bonds is 5. The summed E-state index contributed by atoms with van der Waals surface area (Å²) in [6.45, 7) is -3.42. The molecule has 0 bridgehead atoms. The third kappa shape index (κ3) is 3.21. The fourth-order valence-electron chi connectivity index (χ4n) is 2.26. The third-order valence-corrected chi connectivity index (χ3v) is 3.99. The lowest BCUT2D eigenvalue weighted by atomic mass is 9.84. The molecule has 5 nitrogen and oxygen atoms in total. The van der Waals surface area contributed by atoms with Gasteiger partial charge in [-0.3, -0.25) is 4.98 Å². The van der Waals surface area contributed by atoms with Crippen LogP contribution in [-0.2, 0) is 18.0 Å². The maximum absolute atomic E-state index is 15.5. The van der Waals surface area contributed by atoms with Crippen LogP contribution in [0.5, 0.6) is 0 Å². The summed E-state index contributed by atoms with van der Waals surface area (Å²) in [5.74, 6) is -7.12. The molecule has 0 fully saturated rings. The summed E-state index contributed by atoms with van der Waals surface area (Å²) in [5, 5.41) is 14.5. The summed E-state index contributed by atoms with van der Waals surface area (Å²) >= 11 is 3.03. The molecule has 0 aliphatic heterocycles. The molecule has 10 heteroatoms. The van der Waals surface area contributed by atoms with E-state index in [1.54, 1.807) is 0 Å². The van der Waals surface area contributed by atoms with Gasteiger partial charge < -0.3 is 5.11 Å². The highest BCUT2D eigenvalue weighted by atomic mass is 79.9. The zero-order valence-corrected chi connectivity index (χ0v) is 14.3. The molecule has 1 unspecified atom stereocenters. The molecule has 0 radical (unpaired) electrons. The van der Waals surface area contributed by atoms with Gasteiger partial charge in [0.05, 0.1) is 9.24 Å². The van der Waals surface area contributed by atoms with Crippen LogP contribution in [0.3, 0.4) is 0 Å². The van der Waals surface area contributed by atoms with Crippen LogP contribution in [0.1, 0.15) is 14.0 Å². The molecule has 26 heavy (non-hydrogen) atoms. The quantitative estimate of drug-likeness (QED) is 0.627. The average molecular weight is 433 g/mol. The number of alkyl halides is 2. The Morgan fingerprint density at radius 1 is 1.23 bits per heavy atom. The molecule has 0 spiro atoms. The van der Waals surface area contributed by atoms with Crippen molar-refractivity contribution < 1.29 is 25.4 Å². The summed E-state index contributed by atoms with van der Waals surface area (Å²) in [6, 6.07) is 3.48. The SMILES string of the molecule is [2H]C([2H])(n1cncn1)C(O)(c1ccc(F)cc1F)C(F)(F)c1ccc(Br)cn1. The van der Waals surface area contributed by atoms with Crippen LogP contribution in [0.15, 0.2) is 53.7 Å². The Hall–Kier alpha value is -2.33. The van der Waals surface area contributed by atoms with Crippen molar-refractivity contribution in [2.75, 3.05) is 0 Å². The van der Waals surface area contributed by atoms with Gasteiger partial charge >= 0.3 is 5.92 Å². The summed E-state index contributed by atoms with van der Waals surface area (Å²) in [4.78, 5) is 7.00. The summed E-state index contributed by atoms with van der Waals surface area (Å²) in [5.41, 5.74) is -6.08. The Morgan fingerprint density at radius 2 is 2.00 bits per heavy atom. The second-order valence-electron chi connectivity index (χ2n) is 5.22. The van der Waals surface area contributed by atoms with Gasteiger partial charge in [-0.2, -0.15) is 13.9 Å². The Labute approximate surface area is 156 Å². The summed E-state index contributed by atoms with van der Waals surface area (Å²) in [6.07, 6.45) is 2.61. The monoisotopic (exact) mass is 432 g/mol. The first-order valence-corrected chi connectivity index (χ1v) is 7.84. The number of nitrogens with zero attached hydrogens (tertiary/aromatic N) is 4. The first-order chi connectivity index (χ1) is 13.0. The van der Waals surface area contributed by atoms with E-state index in [4.69, 9.17) is 2.74 Å². The zero-order chi connectivity index (χ0) is 20.7. The molecular formula is C16H11BrF4N4O. The van der Waals surface area contributed by atoms with Gasteiger partial charge in [-0.1, -0.05) is 0 Å². The Bertz CT molecular complexity index is 989. The number of hydrogen-bond donors (Lipinski definition) is 1. The van der Waals surface area contributed by atoms with Crippen LogP contribution in [0.25, 0.3) is 0 Å². The van der Waals surface area contributed by atoms with Crippen LogP contribution in [-0.4, -0.2) is 24.9 Å². The molecule has 3 rings (SSSR count). The highest BCUT2D eigenvalue weighted by Gasteiger charge is 2.57. The van der Waals surface area contributed by atoms with Crippen molar-refractivity contribution in [3.8, 4) is 0 Å². The van der Waals surface area contributed by atoms with E-state index in [1.807, 2.05) is 0 Å². The van der Waals surface area contributed by atoms with Crippen molar-refractivity contribution in [3.63, 3.8) is 0 Å². The van der Waals surface area contributed by atoms with E-state index in [-0.39, 0.29) is 6.07 Å². The van der Waals surface area contributed by atoms with Crippen molar-refractivity contribution in [2.24, 2.45) is 0 Å². The summed E-state index contributed by atoms with van der Waals surface area (Å²) < 4.78 is 75.8. The van der Waals surface area contributed by atoms with Crippen molar-refractivity contribution in [1.29, 1.82) is 0 Å². The second kappa shape index (κ2) is 6.76. The Morgan fingerprint density at radius 3 is 2.58 bits per heavy atom. The van der Waals surface area contributed by atoms with Gasteiger partial charge in [0.1, 0.15) is 30.0 Å². The van der Waals surface area contributed by atoms with E-state index in [2.05, 4.69) is 31.0 Å². The average Bonchev–Trinajstić information content (AvgIpc) is 3.16. The number of hydrogen-bond acceptors (Lipinski definition) is 4. The molecule has 0 amide bonds. The minimum atomic E-state index is -4.47. The largest absolute Gasteiger partial charge is 0.377 e. The van der Waals surface area contributed by atoms with Crippen LogP contribution in [0.4, 0.5) is 17.6 Å². The lowest BCUT2D eigenvalue weighted by Gasteiger charge is -2.35. The normalized spacial score (nSPS) is 15.9. The molecule has 0 saturated heterocycles. The van der Waals surface area contributed by atoms with Crippen molar-refractivity contribution >= 4 is 15.9 Å². The smallest absolute Gasteiger partial charge is 0.323 e. The number of pyridine rings is 1. The molecule has 1 N–H and O–H groups in total. The fourth-order valence-corrected chi connectivity index (χ4v) is 2.50. The zero-order valence-electron chi connectivity index (χ0n) is 14.7. The summed E-state index contributed by atoms with van der Waals surface area (Å²) in [7, 11) is 0. The lowest BCUT2D eigenvalue weighted by Crippen LogP contribution is -2.48. The van der Waals surface area contributed by atoms with Crippen LogP contribution in [0.2, 0.25) is 0 Å². The van der Waals surface area contributed by atoms with Gasteiger partial charge in [-0.15, -0.1) is 0 Å². The third-order valence-electron chi connectivity index (χ3n) is 3.52. The molecular weight excluding hydrogens is 420 g/mol. The highest BCUT2D eigenvalue weighted by Crippen LogP contribution is 2.46. The second-order valence-corrected chi connectivity index (χ2v) is 6.14. The van der Waals surface area contributed by atoms with Crippen LogP contribution < -0.4 is 0 Å². The molecule has 0 aliphatic rings. The van der Waals surface area contributed by atoms with E-state index >= 15 is 8.78 Å². The number of benzene rings is 1. The first kappa shape index (κ1) is 15.9. The molecule has 0 aliphatic carbocycles.